The molecule has 0 amide bonds. The van der Waals surface area contributed by atoms with Crippen LogP contribution in [0.15, 0.2) is 0 Å². The summed E-state index contributed by atoms with van der Waals surface area (Å²) in [5.41, 5.74) is 0. The van der Waals surface area contributed by atoms with E-state index >= 15 is 0 Å². The molecular formula is C13H25NO. The van der Waals surface area contributed by atoms with Gasteiger partial charge in [-0.15, -0.1) is 0 Å². The lowest BCUT2D eigenvalue weighted by atomic mass is 9.97. The van der Waals surface area contributed by atoms with E-state index in [1.54, 1.807) is 0 Å². The normalized spacial score (nSPS) is 25.1. The van der Waals surface area contributed by atoms with Crippen molar-refractivity contribution in [1.29, 1.82) is 0 Å². The van der Waals surface area contributed by atoms with Gasteiger partial charge in [0.15, 0.2) is 0 Å². The molecule has 1 aliphatic heterocycles. The van der Waals surface area contributed by atoms with Crippen molar-refractivity contribution < 1.29 is 4.79 Å². The second-order valence-electron chi connectivity index (χ2n) is 4.80. The number of nitrogens with zero attached hydrogens (tertiary/aromatic N) is 1. The molecule has 2 atom stereocenters. The largest absolute Gasteiger partial charge is 0.298 e. The van der Waals surface area contributed by atoms with Gasteiger partial charge in [0.1, 0.15) is 5.78 Å². The molecule has 0 saturated carbocycles. The standard InChI is InChI=1S/C13H25NO/c1-4-11(3)13(15)10-14-9-7-6-8-12(14)5-2/h11-12H,4-10H2,1-3H3. The maximum Gasteiger partial charge on any atom is 0.149 e. The van der Waals surface area contributed by atoms with Crippen LogP contribution in [0.4, 0.5) is 0 Å². The van der Waals surface area contributed by atoms with E-state index in [4.69, 9.17) is 0 Å². The SMILES string of the molecule is CCC(C)C(=O)CN1CCCCC1CC. The Morgan fingerprint density at radius 3 is 2.73 bits per heavy atom. The van der Waals surface area contributed by atoms with Gasteiger partial charge in [0.25, 0.3) is 0 Å². The van der Waals surface area contributed by atoms with Crippen LogP contribution in [0.3, 0.4) is 0 Å². The Balaban J connectivity index is 2.44. The monoisotopic (exact) mass is 211 g/mol. The zero-order chi connectivity index (χ0) is 11.3. The molecule has 1 aliphatic rings. The van der Waals surface area contributed by atoms with Crippen LogP contribution in [0.1, 0.15) is 52.9 Å². The number of Topliss-reactive ketones (excluding diaryl/α,β-unsaturated/α-hetero) is 1. The second-order valence-corrected chi connectivity index (χ2v) is 4.80. The van der Waals surface area contributed by atoms with Crippen molar-refractivity contribution in [2.24, 2.45) is 5.92 Å². The number of carbonyl (C=O) groups excluding carboxylic acids is 1. The Labute approximate surface area is 94.0 Å². The van der Waals surface area contributed by atoms with Gasteiger partial charge in [0, 0.05) is 12.0 Å². The van der Waals surface area contributed by atoms with Gasteiger partial charge in [-0.25, -0.2) is 0 Å². The second kappa shape index (κ2) is 6.26. The Hall–Kier alpha value is -0.370. The van der Waals surface area contributed by atoms with Crippen LogP contribution >= 0.6 is 0 Å². The highest BCUT2D eigenvalue weighted by molar-refractivity contribution is 5.82. The van der Waals surface area contributed by atoms with Gasteiger partial charge < -0.3 is 0 Å². The molecule has 1 heterocycles. The molecule has 0 aromatic rings. The van der Waals surface area contributed by atoms with E-state index in [1.807, 2.05) is 6.92 Å². The van der Waals surface area contributed by atoms with E-state index in [2.05, 4.69) is 18.7 Å². The lowest BCUT2D eigenvalue weighted by Gasteiger charge is -2.35. The average molecular weight is 211 g/mol. The predicted octanol–water partition coefficient (Wildman–Crippen LogP) is 2.87. The van der Waals surface area contributed by atoms with Crippen LogP contribution in [0.5, 0.6) is 0 Å². The first kappa shape index (κ1) is 12.7. The molecule has 2 nitrogen and oxygen atoms in total. The van der Waals surface area contributed by atoms with Crippen LogP contribution < -0.4 is 0 Å². The molecule has 0 radical (unpaired) electrons. The van der Waals surface area contributed by atoms with Crippen LogP contribution in [0.2, 0.25) is 0 Å². The number of rotatable bonds is 5. The molecule has 0 spiro atoms. The lowest BCUT2D eigenvalue weighted by Crippen LogP contribution is -2.43. The third kappa shape index (κ3) is 3.60. The summed E-state index contributed by atoms with van der Waals surface area (Å²) in [7, 11) is 0. The molecule has 1 rings (SSSR count). The van der Waals surface area contributed by atoms with Gasteiger partial charge in [-0.3, -0.25) is 9.69 Å². The summed E-state index contributed by atoms with van der Waals surface area (Å²) in [6.07, 6.45) is 6.05. The summed E-state index contributed by atoms with van der Waals surface area (Å²) in [6, 6.07) is 0.659. The number of hydrogen-bond donors (Lipinski definition) is 0. The van der Waals surface area contributed by atoms with Crippen molar-refractivity contribution >= 4 is 5.78 Å². The first-order valence-electron chi connectivity index (χ1n) is 6.45. The topological polar surface area (TPSA) is 20.3 Å². The number of piperidine rings is 1. The van der Waals surface area contributed by atoms with Crippen LogP contribution in [0, 0.1) is 5.92 Å². The third-order valence-corrected chi connectivity index (χ3v) is 3.74. The zero-order valence-corrected chi connectivity index (χ0v) is 10.5. The Kier molecular flexibility index (Phi) is 5.30. The quantitative estimate of drug-likeness (QED) is 0.697. The number of hydrogen-bond acceptors (Lipinski definition) is 2. The summed E-state index contributed by atoms with van der Waals surface area (Å²) >= 11 is 0. The molecule has 88 valence electrons. The van der Waals surface area contributed by atoms with Crippen molar-refractivity contribution in [3.8, 4) is 0 Å². The minimum absolute atomic E-state index is 0.240. The van der Waals surface area contributed by atoms with Crippen LogP contribution in [-0.2, 0) is 4.79 Å². The highest BCUT2D eigenvalue weighted by atomic mass is 16.1. The number of ketones is 1. The average Bonchev–Trinajstić information content (AvgIpc) is 2.28. The van der Waals surface area contributed by atoms with Gasteiger partial charge in [0.2, 0.25) is 0 Å². The van der Waals surface area contributed by atoms with Gasteiger partial charge in [0.05, 0.1) is 6.54 Å². The highest BCUT2D eigenvalue weighted by Crippen LogP contribution is 2.19. The molecule has 0 aromatic heterocycles. The molecule has 2 heteroatoms. The van der Waals surface area contributed by atoms with E-state index in [0.29, 0.717) is 18.4 Å². The molecular weight excluding hydrogens is 186 g/mol. The van der Waals surface area contributed by atoms with Crippen molar-refractivity contribution in [3.05, 3.63) is 0 Å². The van der Waals surface area contributed by atoms with Gasteiger partial charge in [-0.05, 0) is 32.2 Å². The number of carbonyl (C=O) groups is 1. The van der Waals surface area contributed by atoms with Crippen LogP contribution in [-0.4, -0.2) is 29.8 Å². The van der Waals surface area contributed by atoms with Gasteiger partial charge >= 0.3 is 0 Å². The summed E-state index contributed by atoms with van der Waals surface area (Å²) in [5.74, 6) is 0.669. The molecule has 0 aliphatic carbocycles. The molecule has 2 unspecified atom stereocenters. The summed E-state index contributed by atoms with van der Waals surface area (Å²) < 4.78 is 0. The van der Waals surface area contributed by atoms with Crippen molar-refractivity contribution in [1.82, 2.24) is 4.90 Å². The first-order chi connectivity index (χ1) is 7.19. The third-order valence-electron chi connectivity index (χ3n) is 3.74. The lowest BCUT2D eigenvalue weighted by molar-refractivity contribution is -0.124. The molecule has 15 heavy (non-hydrogen) atoms. The van der Waals surface area contributed by atoms with Crippen molar-refractivity contribution in [2.75, 3.05) is 13.1 Å². The van der Waals surface area contributed by atoms with E-state index in [1.165, 1.54) is 25.7 Å². The summed E-state index contributed by atoms with van der Waals surface area (Å²) in [6.45, 7) is 8.19. The maximum atomic E-state index is 11.9. The fourth-order valence-electron chi connectivity index (χ4n) is 2.31. The van der Waals surface area contributed by atoms with E-state index in [0.717, 1.165) is 13.0 Å². The minimum Gasteiger partial charge on any atom is -0.298 e. The zero-order valence-electron chi connectivity index (χ0n) is 10.5. The fourth-order valence-corrected chi connectivity index (χ4v) is 2.31. The Morgan fingerprint density at radius 1 is 1.40 bits per heavy atom. The molecule has 1 fully saturated rings. The smallest absolute Gasteiger partial charge is 0.149 e. The minimum atomic E-state index is 0.240. The fraction of sp³-hybridized carbons (Fsp3) is 0.923. The molecule has 0 bridgehead atoms. The summed E-state index contributed by atoms with van der Waals surface area (Å²) in [5, 5.41) is 0. The van der Waals surface area contributed by atoms with Gasteiger partial charge in [-0.2, -0.15) is 0 Å². The van der Waals surface area contributed by atoms with E-state index in [9.17, 15) is 4.79 Å². The Morgan fingerprint density at radius 2 is 2.13 bits per heavy atom. The Bertz CT molecular complexity index is 203. The maximum absolute atomic E-state index is 11.9. The molecule has 0 N–H and O–H groups in total. The van der Waals surface area contributed by atoms with Gasteiger partial charge in [-0.1, -0.05) is 27.2 Å². The van der Waals surface area contributed by atoms with E-state index in [-0.39, 0.29) is 5.92 Å². The number of likely N-dealkylation sites (tertiary alicyclic amines) is 1. The highest BCUT2D eigenvalue weighted by Gasteiger charge is 2.23. The summed E-state index contributed by atoms with van der Waals surface area (Å²) in [4.78, 5) is 14.3. The van der Waals surface area contributed by atoms with Crippen LogP contribution in [0.25, 0.3) is 0 Å². The first-order valence-corrected chi connectivity index (χ1v) is 6.45. The van der Waals surface area contributed by atoms with Crippen molar-refractivity contribution in [3.63, 3.8) is 0 Å². The molecule has 0 aromatic carbocycles. The van der Waals surface area contributed by atoms with E-state index < -0.39 is 0 Å². The molecule has 1 saturated heterocycles. The van der Waals surface area contributed by atoms with Crippen molar-refractivity contribution in [2.45, 2.75) is 58.9 Å². The predicted molar refractivity (Wildman–Crippen MR) is 64.0 cm³/mol.